The SMILES string of the molecule is O=[N+]([O-])c1ccc(Cn2cc(CCCCO)nn2)cc1. The number of nitro groups is 1. The molecular formula is C13H16N4O3. The third-order valence-corrected chi connectivity index (χ3v) is 2.92. The van der Waals surface area contributed by atoms with Crippen LogP contribution >= 0.6 is 0 Å². The molecule has 1 aromatic heterocycles. The Bertz CT molecular complexity index is 565. The van der Waals surface area contributed by atoms with Gasteiger partial charge in [0.25, 0.3) is 5.69 Å². The minimum atomic E-state index is -0.418. The number of non-ortho nitro benzene ring substituents is 1. The monoisotopic (exact) mass is 276 g/mol. The molecule has 0 saturated carbocycles. The van der Waals surface area contributed by atoms with Gasteiger partial charge in [0, 0.05) is 24.9 Å². The van der Waals surface area contributed by atoms with Crippen molar-refractivity contribution in [1.29, 1.82) is 0 Å². The van der Waals surface area contributed by atoms with Gasteiger partial charge in [0.1, 0.15) is 0 Å². The van der Waals surface area contributed by atoms with Crippen molar-refractivity contribution in [3.63, 3.8) is 0 Å². The Balaban J connectivity index is 1.94. The number of nitro benzene ring substituents is 1. The maximum atomic E-state index is 10.6. The summed E-state index contributed by atoms with van der Waals surface area (Å²) < 4.78 is 1.70. The van der Waals surface area contributed by atoms with Gasteiger partial charge < -0.3 is 5.11 Å². The highest BCUT2D eigenvalue weighted by Crippen LogP contribution is 2.12. The molecule has 0 spiro atoms. The van der Waals surface area contributed by atoms with Crippen molar-refractivity contribution in [2.24, 2.45) is 0 Å². The number of aliphatic hydroxyl groups is 1. The molecule has 0 saturated heterocycles. The van der Waals surface area contributed by atoms with Crippen molar-refractivity contribution in [3.8, 4) is 0 Å². The number of aryl methyl sites for hydroxylation is 1. The molecule has 7 heteroatoms. The van der Waals surface area contributed by atoms with E-state index in [1.54, 1.807) is 16.8 Å². The van der Waals surface area contributed by atoms with E-state index in [1.165, 1.54) is 12.1 Å². The molecule has 7 nitrogen and oxygen atoms in total. The molecule has 0 fully saturated rings. The van der Waals surface area contributed by atoms with E-state index in [2.05, 4.69) is 10.3 Å². The molecule has 20 heavy (non-hydrogen) atoms. The summed E-state index contributed by atoms with van der Waals surface area (Å²) in [4.78, 5) is 10.1. The molecule has 0 atom stereocenters. The van der Waals surface area contributed by atoms with Gasteiger partial charge in [-0.1, -0.05) is 17.3 Å². The van der Waals surface area contributed by atoms with Crippen LogP contribution in [0, 0.1) is 10.1 Å². The van der Waals surface area contributed by atoms with Gasteiger partial charge in [-0.3, -0.25) is 10.1 Å². The summed E-state index contributed by atoms with van der Waals surface area (Å²) in [5.41, 5.74) is 1.90. The molecule has 0 unspecified atom stereocenters. The van der Waals surface area contributed by atoms with Crippen molar-refractivity contribution in [2.45, 2.75) is 25.8 Å². The Labute approximate surface area is 116 Å². The van der Waals surface area contributed by atoms with Gasteiger partial charge in [-0.15, -0.1) is 5.10 Å². The number of hydrogen-bond donors (Lipinski definition) is 1. The van der Waals surface area contributed by atoms with E-state index in [9.17, 15) is 10.1 Å². The summed E-state index contributed by atoms with van der Waals surface area (Å²) in [7, 11) is 0. The fourth-order valence-corrected chi connectivity index (χ4v) is 1.86. The number of benzene rings is 1. The van der Waals surface area contributed by atoms with E-state index < -0.39 is 4.92 Å². The highest BCUT2D eigenvalue weighted by molar-refractivity contribution is 5.32. The maximum absolute atomic E-state index is 10.6. The molecule has 0 amide bonds. The number of rotatable bonds is 7. The summed E-state index contributed by atoms with van der Waals surface area (Å²) in [5.74, 6) is 0. The number of hydrogen-bond acceptors (Lipinski definition) is 5. The molecule has 1 aromatic carbocycles. The zero-order valence-corrected chi connectivity index (χ0v) is 11.0. The zero-order valence-electron chi connectivity index (χ0n) is 11.0. The molecule has 106 valence electrons. The Morgan fingerprint density at radius 1 is 1.25 bits per heavy atom. The van der Waals surface area contributed by atoms with Crippen LogP contribution in [0.2, 0.25) is 0 Å². The molecule has 1 heterocycles. The van der Waals surface area contributed by atoms with E-state index in [-0.39, 0.29) is 12.3 Å². The van der Waals surface area contributed by atoms with Crippen LogP contribution < -0.4 is 0 Å². The van der Waals surface area contributed by atoms with Crippen molar-refractivity contribution < 1.29 is 10.0 Å². The second-order valence-electron chi connectivity index (χ2n) is 4.51. The van der Waals surface area contributed by atoms with E-state index in [0.29, 0.717) is 6.54 Å². The fraction of sp³-hybridized carbons (Fsp3) is 0.385. The second kappa shape index (κ2) is 6.76. The smallest absolute Gasteiger partial charge is 0.269 e. The first-order valence-corrected chi connectivity index (χ1v) is 6.42. The normalized spacial score (nSPS) is 10.7. The summed E-state index contributed by atoms with van der Waals surface area (Å²) in [6.45, 7) is 0.724. The van der Waals surface area contributed by atoms with E-state index >= 15 is 0 Å². The van der Waals surface area contributed by atoms with E-state index in [0.717, 1.165) is 30.5 Å². The van der Waals surface area contributed by atoms with Crippen molar-refractivity contribution in [2.75, 3.05) is 6.61 Å². The average molecular weight is 276 g/mol. The summed E-state index contributed by atoms with van der Waals surface area (Å²) in [6.07, 6.45) is 4.29. The van der Waals surface area contributed by atoms with Crippen LogP contribution in [0.4, 0.5) is 5.69 Å². The quantitative estimate of drug-likeness (QED) is 0.470. The fourth-order valence-electron chi connectivity index (χ4n) is 1.86. The molecule has 0 aliphatic heterocycles. The average Bonchev–Trinajstić information content (AvgIpc) is 2.87. The number of unbranched alkanes of at least 4 members (excludes halogenated alkanes) is 1. The van der Waals surface area contributed by atoms with Gasteiger partial charge in [0.05, 0.1) is 17.2 Å². The third-order valence-electron chi connectivity index (χ3n) is 2.92. The minimum absolute atomic E-state index is 0.0806. The molecule has 1 N–H and O–H groups in total. The molecule has 2 aromatic rings. The minimum Gasteiger partial charge on any atom is -0.396 e. The van der Waals surface area contributed by atoms with Crippen LogP contribution in [0.15, 0.2) is 30.5 Å². The number of aromatic nitrogens is 3. The molecule has 0 aliphatic rings. The first-order chi connectivity index (χ1) is 9.69. The Morgan fingerprint density at radius 2 is 2.00 bits per heavy atom. The molecule has 0 radical (unpaired) electrons. The van der Waals surface area contributed by atoms with Crippen molar-refractivity contribution >= 4 is 5.69 Å². The summed E-state index contributed by atoms with van der Waals surface area (Å²) >= 11 is 0. The molecule has 0 bridgehead atoms. The first-order valence-electron chi connectivity index (χ1n) is 6.42. The van der Waals surface area contributed by atoms with E-state index in [1.807, 2.05) is 6.20 Å². The van der Waals surface area contributed by atoms with Gasteiger partial charge in [-0.05, 0) is 24.8 Å². The predicted molar refractivity (Wildman–Crippen MR) is 72.2 cm³/mol. The standard InChI is InChI=1S/C13H16N4O3/c18-8-2-1-3-12-10-16(15-14-12)9-11-4-6-13(7-5-11)17(19)20/h4-7,10,18H,1-3,8-9H2. The Morgan fingerprint density at radius 3 is 2.65 bits per heavy atom. The summed E-state index contributed by atoms with van der Waals surface area (Å²) in [6, 6.07) is 6.39. The maximum Gasteiger partial charge on any atom is 0.269 e. The van der Waals surface area contributed by atoms with Crippen LogP contribution in [-0.4, -0.2) is 31.6 Å². The van der Waals surface area contributed by atoms with Crippen LogP contribution in [0.25, 0.3) is 0 Å². The zero-order chi connectivity index (χ0) is 14.4. The largest absolute Gasteiger partial charge is 0.396 e. The van der Waals surface area contributed by atoms with E-state index in [4.69, 9.17) is 5.11 Å². The number of aliphatic hydroxyl groups excluding tert-OH is 1. The van der Waals surface area contributed by atoms with Crippen molar-refractivity contribution in [1.82, 2.24) is 15.0 Å². The lowest BCUT2D eigenvalue weighted by atomic mass is 10.2. The highest BCUT2D eigenvalue weighted by Gasteiger charge is 2.05. The third kappa shape index (κ3) is 3.86. The van der Waals surface area contributed by atoms with Crippen LogP contribution in [0.5, 0.6) is 0 Å². The molecule has 2 rings (SSSR count). The van der Waals surface area contributed by atoms with Gasteiger partial charge in [-0.2, -0.15) is 0 Å². The second-order valence-corrected chi connectivity index (χ2v) is 4.51. The van der Waals surface area contributed by atoms with Gasteiger partial charge in [0.15, 0.2) is 0 Å². The highest BCUT2D eigenvalue weighted by atomic mass is 16.6. The lowest BCUT2D eigenvalue weighted by molar-refractivity contribution is -0.384. The van der Waals surface area contributed by atoms with Crippen LogP contribution in [0.1, 0.15) is 24.1 Å². The van der Waals surface area contributed by atoms with Crippen LogP contribution in [0.3, 0.4) is 0 Å². The molecule has 0 aliphatic carbocycles. The topological polar surface area (TPSA) is 94.1 Å². The molecular weight excluding hydrogens is 260 g/mol. The first kappa shape index (κ1) is 14.1. The van der Waals surface area contributed by atoms with Crippen molar-refractivity contribution in [3.05, 3.63) is 51.8 Å². The lowest BCUT2D eigenvalue weighted by Crippen LogP contribution is -2.00. The Hall–Kier alpha value is -2.28. The number of nitrogens with zero attached hydrogens (tertiary/aromatic N) is 4. The summed E-state index contributed by atoms with van der Waals surface area (Å²) in [5, 5.41) is 27.3. The van der Waals surface area contributed by atoms with Gasteiger partial charge in [-0.25, -0.2) is 4.68 Å². The van der Waals surface area contributed by atoms with Gasteiger partial charge >= 0.3 is 0 Å². The lowest BCUT2D eigenvalue weighted by Gasteiger charge is -2.00. The van der Waals surface area contributed by atoms with Crippen LogP contribution in [-0.2, 0) is 13.0 Å². The predicted octanol–water partition coefficient (Wildman–Crippen LogP) is 1.55. The van der Waals surface area contributed by atoms with Gasteiger partial charge in [0.2, 0.25) is 0 Å². The Kier molecular flexibility index (Phi) is 4.78.